The molecule has 2 bridgehead atoms. The van der Waals surface area contributed by atoms with Gasteiger partial charge < -0.3 is 10.2 Å². The van der Waals surface area contributed by atoms with Crippen molar-refractivity contribution in [3.8, 4) is 0 Å². The molecule has 2 aliphatic rings. The van der Waals surface area contributed by atoms with Crippen LogP contribution in [0, 0.1) is 17.8 Å². The summed E-state index contributed by atoms with van der Waals surface area (Å²) < 4.78 is 5.89. The molecule has 1 aromatic heterocycles. The molecule has 2 aliphatic carbocycles. The van der Waals surface area contributed by atoms with Crippen LogP contribution in [0.5, 0.6) is 0 Å². The molecule has 3 heteroatoms. The van der Waals surface area contributed by atoms with Crippen LogP contribution in [0.3, 0.4) is 0 Å². The van der Waals surface area contributed by atoms with Gasteiger partial charge in [-0.05, 0) is 67.7 Å². The zero-order valence-corrected chi connectivity index (χ0v) is 12.3. The van der Waals surface area contributed by atoms with Crippen LogP contribution in [-0.4, -0.2) is 0 Å². The fourth-order valence-electron chi connectivity index (χ4n) is 4.32. The van der Waals surface area contributed by atoms with Crippen LogP contribution in [-0.2, 0) is 0 Å². The summed E-state index contributed by atoms with van der Waals surface area (Å²) in [5, 5.41) is 1.79. The van der Waals surface area contributed by atoms with Crippen LogP contribution < -0.4 is 5.73 Å². The Hall–Kier alpha value is -0.990. The lowest BCUT2D eigenvalue weighted by Gasteiger charge is -2.23. The first-order valence-electron chi connectivity index (χ1n) is 7.63. The standard InChI is InChI=1S/C17H20ClNO/c18-14-3-4-16-13(7-14)9-17(20-16)15(19)8-12-6-10-1-2-11(12)5-10/h3-4,7,9-12,15H,1-2,5-6,8,19H2. The van der Waals surface area contributed by atoms with Crippen LogP contribution in [0.1, 0.15) is 43.9 Å². The predicted molar refractivity (Wildman–Crippen MR) is 81.7 cm³/mol. The van der Waals surface area contributed by atoms with Crippen LogP contribution >= 0.6 is 11.6 Å². The molecule has 0 amide bonds. The van der Waals surface area contributed by atoms with Crippen LogP contribution in [0.4, 0.5) is 0 Å². The molecule has 0 spiro atoms. The topological polar surface area (TPSA) is 39.2 Å². The van der Waals surface area contributed by atoms with Gasteiger partial charge in [-0.1, -0.05) is 18.0 Å². The Morgan fingerprint density at radius 1 is 1.25 bits per heavy atom. The SMILES string of the molecule is NC(CC1CC2CCC1C2)c1cc2cc(Cl)ccc2o1. The zero-order chi connectivity index (χ0) is 13.7. The maximum atomic E-state index is 6.38. The van der Waals surface area contributed by atoms with Gasteiger partial charge >= 0.3 is 0 Å². The fourth-order valence-corrected chi connectivity index (χ4v) is 4.51. The van der Waals surface area contributed by atoms with Crippen LogP contribution in [0.25, 0.3) is 11.0 Å². The third-order valence-corrected chi connectivity index (χ3v) is 5.54. The van der Waals surface area contributed by atoms with E-state index in [1.807, 2.05) is 18.2 Å². The van der Waals surface area contributed by atoms with E-state index < -0.39 is 0 Å². The van der Waals surface area contributed by atoms with Gasteiger partial charge in [-0.15, -0.1) is 0 Å². The largest absolute Gasteiger partial charge is 0.459 e. The summed E-state index contributed by atoms with van der Waals surface area (Å²) in [4.78, 5) is 0. The summed E-state index contributed by atoms with van der Waals surface area (Å²) in [6.45, 7) is 0. The summed E-state index contributed by atoms with van der Waals surface area (Å²) in [6, 6.07) is 7.79. The van der Waals surface area contributed by atoms with Gasteiger partial charge in [0.25, 0.3) is 0 Å². The molecule has 1 aromatic carbocycles. The van der Waals surface area contributed by atoms with E-state index in [2.05, 4.69) is 6.07 Å². The second-order valence-electron chi connectivity index (χ2n) is 6.61. The summed E-state index contributed by atoms with van der Waals surface area (Å²) in [6.07, 6.45) is 6.74. The summed E-state index contributed by atoms with van der Waals surface area (Å²) in [5.41, 5.74) is 7.26. The molecule has 0 radical (unpaired) electrons. The highest BCUT2D eigenvalue weighted by Gasteiger charge is 2.40. The third-order valence-electron chi connectivity index (χ3n) is 5.30. The van der Waals surface area contributed by atoms with Crippen LogP contribution in [0.15, 0.2) is 28.7 Å². The Bertz CT molecular complexity index is 635. The Morgan fingerprint density at radius 3 is 2.90 bits per heavy atom. The number of rotatable bonds is 3. The zero-order valence-electron chi connectivity index (χ0n) is 11.5. The summed E-state index contributed by atoms with van der Waals surface area (Å²) >= 11 is 6.01. The van der Waals surface area contributed by atoms with Gasteiger partial charge in [0.05, 0.1) is 6.04 Å². The molecule has 1 heterocycles. The Balaban J connectivity index is 1.53. The minimum Gasteiger partial charge on any atom is -0.459 e. The number of halogens is 1. The molecule has 2 saturated carbocycles. The fraction of sp³-hybridized carbons (Fsp3) is 0.529. The molecule has 4 rings (SSSR count). The monoisotopic (exact) mass is 289 g/mol. The Labute approximate surface area is 124 Å². The molecule has 0 saturated heterocycles. The van der Waals surface area contributed by atoms with Crippen molar-refractivity contribution in [2.45, 2.75) is 38.1 Å². The second-order valence-corrected chi connectivity index (χ2v) is 7.04. The average Bonchev–Trinajstić information content (AvgIpc) is 3.11. The molecule has 2 aromatic rings. The van der Waals surface area contributed by atoms with Crippen LogP contribution in [0.2, 0.25) is 5.02 Å². The lowest BCUT2D eigenvalue weighted by molar-refractivity contribution is 0.285. The molecule has 2 nitrogen and oxygen atoms in total. The number of furan rings is 1. The third kappa shape index (κ3) is 2.15. The molecule has 2 N–H and O–H groups in total. The van der Waals surface area contributed by atoms with Gasteiger partial charge in [0.2, 0.25) is 0 Å². The molecular weight excluding hydrogens is 270 g/mol. The lowest BCUT2D eigenvalue weighted by atomic mass is 9.84. The number of benzene rings is 1. The van der Waals surface area contributed by atoms with Crippen molar-refractivity contribution in [1.82, 2.24) is 0 Å². The van der Waals surface area contributed by atoms with Crippen molar-refractivity contribution in [2.75, 3.05) is 0 Å². The van der Waals surface area contributed by atoms with Gasteiger partial charge in [-0.3, -0.25) is 0 Å². The van der Waals surface area contributed by atoms with Gasteiger partial charge in [0.1, 0.15) is 11.3 Å². The first-order chi connectivity index (χ1) is 9.69. The van der Waals surface area contributed by atoms with E-state index in [1.165, 1.54) is 25.7 Å². The van der Waals surface area contributed by atoms with E-state index in [4.69, 9.17) is 21.8 Å². The normalized spacial score (nSPS) is 30.2. The molecule has 0 aliphatic heterocycles. The van der Waals surface area contributed by atoms with Crippen molar-refractivity contribution < 1.29 is 4.42 Å². The number of fused-ring (bicyclic) bond motifs is 3. The first kappa shape index (κ1) is 12.7. The second kappa shape index (κ2) is 4.78. The number of nitrogens with two attached hydrogens (primary N) is 1. The quantitative estimate of drug-likeness (QED) is 0.872. The van der Waals surface area contributed by atoms with Gasteiger partial charge in [0, 0.05) is 10.4 Å². The minimum absolute atomic E-state index is 0.0190. The molecular formula is C17H20ClNO. The van der Waals surface area contributed by atoms with Crippen molar-refractivity contribution >= 4 is 22.6 Å². The Morgan fingerprint density at radius 2 is 2.15 bits per heavy atom. The number of hydrogen-bond donors (Lipinski definition) is 1. The average molecular weight is 290 g/mol. The van der Waals surface area contributed by atoms with E-state index in [1.54, 1.807) is 0 Å². The van der Waals surface area contributed by atoms with Gasteiger partial charge in [0.15, 0.2) is 0 Å². The van der Waals surface area contributed by atoms with E-state index in [9.17, 15) is 0 Å². The van der Waals surface area contributed by atoms with Gasteiger partial charge in [-0.25, -0.2) is 0 Å². The molecule has 20 heavy (non-hydrogen) atoms. The lowest BCUT2D eigenvalue weighted by Crippen LogP contribution is -2.19. The molecule has 2 fully saturated rings. The maximum Gasteiger partial charge on any atom is 0.134 e. The minimum atomic E-state index is 0.0190. The highest BCUT2D eigenvalue weighted by atomic mass is 35.5. The highest BCUT2D eigenvalue weighted by molar-refractivity contribution is 6.31. The van der Waals surface area contributed by atoms with E-state index in [0.717, 1.165) is 45.9 Å². The summed E-state index contributed by atoms with van der Waals surface area (Å²) in [7, 11) is 0. The predicted octanol–water partition coefficient (Wildman–Crippen LogP) is 4.91. The smallest absolute Gasteiger partial charge is 0.134 e. The van der Waals surface area contributed by atoms with E-state index >= 15 is 0 Å². The van der Waals surface area contributed by atoms with E-state index in [0.29, 0.717) is 0 Å². The highest BCUT2D eigenvalue weighted by Crippen LogP contribution is 2.50. The molecule has 4 unspecified atom stereocenters. The number of hydrogen-bond acceptors (Lipinski definition) is 2. The Kier molecular flexibility index (Phi) is 3.04. The maximum absolute atomic E-state index is 6.38. The van der Waals surface area contributed by atoms with Crippen molar-refractivity contribution in [1.29, 1.82) is 0 Å². The first-order valence-corrected chi connectivity index (χ1v) is 8.01. The van der Waals surface area contributed by atoms with Gasteiger partial charge in [-0.2, -0.15) is 0 Å². The van der Waals surface area contributed by atoms with E-state index in [-0.39, 0.29) is 6.04 Å². The summed E-state index contributed by atoms with van der Waals surface area (Å²) in [5.74, 6) is 3.61. The van der Waals surface area contributed by atoms with Crippen molar-refractivity contribution in [2.24, 2.45) is 23.5 Å². The molecule has 106 valence electrons. The van der Waals surface area contributed by atoms with Crippen molar-refractivity contribution in [3.05, 3.63) is 35.0 Å². The van der Waals surface area contributed by atoms with Crippen molar-refractivity contribution in [3.63, 3.8) is 0 Å². The molecule has 4 atom stereocenters.